The Hall–Kier alpha value is -1.94. The van der Waals surface area contributed by atoms with E-state index >= 15 is 0 Å². The summed E-state index contributed by atoms with van der Waals surface area (Å²) >= 11 is 0. The highest BCUT2D eigenvalue weighted by molar-refractivity contribution is 5.43. The van der Waals surface area contributed by atoms with Gasteiger partial charge in [-0.3, -0.25) is 0 Å². The van der Waals surface area contributed by atoms with Gasteiger partial charge < -0.3 is 9.84 Å². The second kappa shape index (κ2) is 5.36. The molecule has 0 aliphatic rings. The summed E-state index contributed by atoms with van der Waals surface area (Å²) in [4.78, 5) is 0. The van der Waals surface area contributed by atoms with Crippen LogP contribution in [0.2, 0.25) is 0 Å². The molecule has 0 aromatic heterocycles. The molecule has 2 aromatic rings. The first-order valence-electron chi connectivity index (χ1n) is 5.81. The van der Waals surface area contributed by atoms with Gasteiger partial charge in [0.25, 0.3) is 0 Å². The molecule has 4 heteroatoms. The van der Waals surface area contributed by atoms with Crippen LogP contribution in [0.5, 0.6) is 5.75 Å². The molecule has 0 aliphatic carbocycles. The van der Waals surface area contributed by atoms with Crippen molar-refractivity contribution in [1.82, 2.24) is 0 Å². The molecular formula is C15H14F2O2. The van der Waals surface area contributed by atoms with E-state index in [-0.39, 0.29) is 11.3 Å². The monoisotopic (exact) mass is 264 g/mol. The third kappa shape index (κ3) is 2.58. The zero-order chi connectivity index (χ0) is 14.0. The fourth-order valence-corrected chi connectivity index (χ4v) is 2.02. The number of aliphatic hydroxyl groups is 1. The van der Waals surface area contributed by atoms with Crippen LogP contribution in [0.15, 0.2) is 36.4 Å². The summed E-state index contributed by atoms with van der Waals surface area (Å²) in [6, 6.07) is 8.31. The zero-order valence-corrected chi connectivity index (χ0v) is 10.7. The Balaban J connectivity index is 2.55. The highest BCUT2D eigenvalue weighted by Gasteiger charge is 2.21. The van der Waals surface area contributed by atoms with Crippen molar-refractivity contribution in [3.63, 3.8) is 0 Å². The van der Waals surface area contributed by atoms with Crippen LogP contribution in [0.1, 0.15) is 22.8 Å². The Labute approximate surface area is 110 Å². The second-order valence-corrected chi connectivity index (χ2v) is 4.26. The van der Waals surface area contributed by atoms with Crippen LogP contribution in [-0.2, 0) is 0 Å². The quantitative estimate of drug-likeness (QED) is 0.921. The van der Waals surface area contributed by atoms with Crippen LogP contribution in [-0.4, -0.2) is 12.2 Å². The molecular weight excluding hydrogens is 250 g/mol. The van der Waals surface area contributed by atoms with E-state index in [2.05, 4.69) is 0 Å². The van der Waals surface area contributed by atoms with Gasteiger partial charge in [0.15, 0.2) is 0 Å². The molecule has 0 radical (unpaired) electrons. The predicted molar refractivity (Wildman–Crippen MR) is 68.2 cm³/mol. The number of hydrogen-bond donors (Lipinski definition) is 1. The molecule has 2 rings (SSSR count). The van der Waals surface area contributed by atoms with E-state index in [9.17, 15) is 13.9 Å². The largest absolute Gasteiger partial charge is 0.496 e. The summed E-state index contributed by atoms with van der Waals surface area (Å²) in [6.45, 7) is 1.73. The Bertz CT molecular complexity index is 597. The Morgan fingerprint density at radius 2 is 1.89 bits per heavy atom. The molecule has 0 amide bonds. The molecule has 1 unspecified atom stereocenters. The van der Waals surface area contributed by atoms with Gasteiger partial charge in [-0.15, -0.1) is 0 Å². The van der Waals surface area contributed by atoms with Gasteiger partial charge in [0.1, 0.15) is 23.5 Å². The van der Waals surface area contributed by atoms with Crippen molar-refractivity contribution in [3.05, 3.63) is 64.7 Å². The van der Waals surface area contributed by atoms with Crippen molar-refractivity contribution in [2.75, 3.05) is 7.11 Å². The topological polar surface area (TPSA) is 29.5 Å². The van der Waals surface area contributed by atoms with Gasteiger partial charge in [-0.05, 0) is 42.3 Å². The standard InChI is InChI=1S/C15H14F2O2/c1-9-6-7-10(16)8-11(9)15(18)14-12(17)4-3-5-13(14)19-2/h3-8,15,18H,1-2H3. The summed E-state index contributed by atoms with van der Waals surface area (Å²) < 4.78 is 32.2. The van der Waals surface area contributed by atoms with E-state index < -0.39 is 17.7 Å². The van der Waals surface area contributed by atoms with Crippen LogP contribution in [0.25, 0.3) is 0 Å². The van der Waals surface area contributed by atoms with E-state index in [1.807, 2.05) is 0 Å². The summed E-state index contributed by atoms with van der Waals surface area (Å²) in [7, 11) is 1.39. The highest BCUT2D eigenvalue weighted by Crippen LogP contribution is 2.33. The second-order valence-electron chi connectivity index (χ2n) is 4.26. The van der Waals surface area contributed by atoms with Crippen LogP contribution in [0.4, 0.5) is 8.78 Å². The van der Waals surface area contributed by atoms with Crippen molar-refractivity contribution >= 4 is 0 Å². The number of ether oxygens (including phenoxy) is 1. The van der Waals surface area contributed by atoms with Crippen LogP contribution in [0.3, 0.4) is 0 Å². The number of rotatable bonds is 3. The number of benzene rings is 2. The summed E-state index contributed by atoms with van der Waals surface area (Å²) in [5.74, 6) is -0.832. The van der Waals surface area contributed by atoms with E-state index in [4.69, 9.17) is 4.74 Å². The molecule has 19 heavy (non-hydrogen) atoms. The zero-order valence-electron chi connectivity index (χ0n) is 10.7. The summed E-state index contributed by atoms with van der Waals surface area (Å²) in [5.41, 5.74) is 1.02. The third-order valence-electron chi connectivity index (χ3n) is 3.04. The van der Waals surface area contributed by atoms with Gasteiger partial charge in [-0.25, -0.2) is 8.78 Å². The number of methoxy groups -OCH3 is 1. The van der Waals surface area contributed by atoms with Crippen LogP contribution >= 0.6 is 0 Å². The minimum Gasteiger partial charge on any atom is -0.496 e. The fraction of sp³-hybridized carbons (Fsp3) is 0.200. The number of aliphatic hydroxyl groups excluding tert-OH is 1. The van der Waals surface area contributed by atoms with Crippen LogP contribution in [0, 0.1) is 18.6 Å². The normalized spacial score (nSPS) is 12.3. The Kier molecular flexibility index (Phi) is 3.81. The molecule has 2 aromatic carbocycles. The maximum absolute atomic E-state index is 13.9. The highest BCUT2D eigenvalue weighted by atomic mass is 19.1. The Morgan fingerprint density at radius 3 is 2.58 bits per heavy atom. The molecule has 1 atom stereocenters. The van der Waals surface area contributed by atoms with Gasteiger partial charge in [0, 0.05) is 0 Å². The minimum atomic E-state index is -1.27. The number of hydrogen-bond acceptors (Lipinski definition) is 2. The SMILES string of the molecule is COc1cccc(F)c1C(O)c1cc(F)ccc1C. The average molecular weight is 264 g/mol. The third-order valence-corrected chi connectivity index (χ3v) is 3.04. The first-order valence-corrected chi connectivity index (χ1v) is 5.81. The van der Waals surface area contributed by atoms with E-state index in [0.29, 0.717) is 11.1 Å². The van der Waals surface area contributed by atoms with Gasteiger partial charge in [0.2, 0.25) is 0 Å². The maximum atomic E-state index is 13.9. The molecule has 0 saturated carbocycles. The lowest BCUT2D eigenvalue weighted by Gasteiger charge is -2.17. The molecule has 2 nitrogen and oxygen atoms in total. The van der Waals surface area contributed by atoms with Crippen molar-refractivity contribution in [1.29, 1.82) is 0 Å². The molecule has 0 bridgehead atoms. The molecule has 100 valence electrons. The molecule has 0 heterocycles. The molecule has 0 spiro atoms. The van der Waals surface area contributed by atoms with Crippen molar-refractivity contribution in [3.8, 4) is 5.75 Å². The van der Waals surface area contributed by atoms with Crippen LogP contribution < -0.4 is 4.74 Å². The van der Waals surface area contributed by atoms with E-state index in [1.54, 1.807) is 19.1 Å². The maximum Gasteiger partial charge on any atom is 0.133 e. The van der Waals surface area contributed by atoms with Gasteiger partial charge in [-0.1, -0.05) is 12.1 Å². The van der Waals surface area contributed by atoms with Crippen molar-refractivity contribution in [2.45, 2.75) is 13.0 Å². The van der Waals surface area contributed by atoms with E-state index in [1.165, 1.54) is 31.4 Å². The minimum absolute atomic E-state index is 0.0127. The first kappa shape index (κ1) is 13.5. The van der Waals surface area contributed by atoms with Crippen molar-refractivity contribution in [2.24, 2.45) is 0 Å². The molecule has 0 saturated heterocycles. The lowest BCUT2D eigenvalue weighted by Crippen LogP contribution is -2.07. The smallest absolute Gasteiger partial charge is 0.133 e. The average Bonchev–Trinajstić information content (AvgIpc) is 2.40. The summed E-state index contributed by atoms with van der Waals surface area (Å²) in [5, 5.41) is 10.3. The molecule has 0 aliphatic heterocycles. The predicted octanol–water partition coefficient (Wildman–Crippen LogP) is 3.36. The lowest BCUT2D eigenvalue weighted by atomic mass is 9.96. The van der Waals surface area contributed by atoms with Crippen molar-refractivity contribution < 1.29 is 18.6 Å². The first-order chi connectivity index (χ1) is 9.04. The number of aryl methyl sites for hydroxylation is 1. The molecule has 1 N–H and O–H groups in total. The van der Waals surface area contributed by atoms with Gasteiger partial charge in [-0.2, -0.15) is 0 Å². The fourth-order valence-electron chi connectivity index (χ4n) is 2.02. The van der Waals surface area contributed by atoms with Gasteiger partial charge in [0.05, 0.1) is 12.7 Å². The lowest BCUT2D eigenvalue weighted by molar-refractivity contribution is 0.207. The van der Waals surface area contributed by atoms with Gasteiger partial charge >= 0.3 is 0 Å². The molecule has 0 fully saturated rings. The number of halogens is 2. The van der Waals surface area contributed by atoms with E-state index in [0.717, 1.165) is 0 Å². The summed E-state index contributed by atoms with van der Waals surface area (Å²) in [6.07, 6.45) is -1.27. The Morgan fingerprint density at radius 1 is 1.16 bits per heavy atom.